The first-order valence-electron chi connectivity index (χ1n) is 8.99. The van der Waals surface area contributed by atoms with E-state index in [1.165, 1.54) is 0 Å². The molecule has 0 saturated carbocycles. The van der Waals surface area contributed by atoms with E-state index in [1.807, 2.05) is 72.8 Å². The number of hydrogen-bond donors (Lipinski definition) is 2. The summed E-state index contributed by atoms with van der Waals surface area (Å²) in [5.41, 5.74) is 3.67. The van der Waals surface area contributed by atoms with Crippen LogP contribution in [0, 0.1) is 0 Å². The summed E-state index contributed by atoms with van der Waals surface area (Å²) in [7, 11) is 1.69. The maximum atomic E-state index is 12.3. The van der Waals surface area contributed by atoms with Crippen LogP contribution in [0.3, 0.4) is 0 Å². The molecule has 138 valence electrons. The number of carbonyl (C=O) groups is 1. The van der Waals surface area contributed by atoms with Crippen molar-refractivity contribution in [2.45, 2.75) is 19.5 Å². The Bertz CT molecular complexity index is 876. The number of para-hydroxylation sites is 2. The lowest BCUT2D eigenvalue weighted by molar-refractivity contribution is 0.102. The van der Waals surface area contributed by atoms with Crippen molar-refractivity contribution in [3.63, 3.8) is 0 Å². The maximum absolute atomic E-state index is 12.3. The number of carbonyl (C=O) groups excluding carboxylic acids is 1. The summed E-state index contributed by atoms with van der Waals surface area (Å²) in [4.78, 5) is 12.3. The lowest BCUT2D eigenvalue weighted by Crippen LogP contribution is -2.19. The van der Waals surface area contributed by atoms with Crippen molar-refractivity contribution in [1.29, 1.82) is 0 Å². The van der Waals surface area contributed by atoms with Crippen molar-refractivity contribution in [3.05, 3.63) is 95.6 Å². The van der Waals surface area contributed by atoms with Crippen molar-refractivity contribution >= 4 is 11.6 Å². The number of anilines is 1. The molecule has 1 amide bonds. The standard InChI is InChI=1S/C23H24N2O2/c1-17(21-10-6-7-11-22(21)27-2)24-16-18-12-14-19(15-13-18)23(26)25-20-8-4-3-5-9-20/h3-15,17,24H,16H2,1-2H3,(H,25,26)/t17-/m1/s1. The highest BCUT2D eigenvalue weighted by molar-refractivity contribution is 6.04. The van der Waals surface area contributed by atoms with Crippen molar-refractivity contribution in [3.8, 4) is 5.75 Å². The maximum Gasteiger partial charge on any atom is 0.255 e. The molecule has 0 aromatic heterocycles. The van der Waals surface area contributed by atoms with Crippen LogP contribution in [0.25, 0.3) is 0 Å². The van der Waals surface area contributed by atoms with Gasteiger partial charge >= 0.3 is 0 Å². The molecule has 0 unspecified atom stereocenters. The highest BCUT2D eigenvalue weighted by Gasteiger charge is 2.10. The third kappa shape index (κ3) is 4.96. The Morgan fingerprint density at radius 3 is 2.30 bits per heavy atom. The van der Waals surface area contributed by atoms with Crippen molar-refractivity contribution in [2.75, 3.05) is 12.4 Å². The van der Waals surface area contributed by atoms with Gasteiger partial charge in [0.05, 0.1) is 7.11 Å². The third-order valence-corrected chi connectivity index (χ3v) is 4.47. The molecule has 3 aromatic carbocycles. The number of ether oxygens (including phenoxy) is 1. The quantitative estimate of drug-likeness (QED) is 0.636. The SMILES string of the molecule is COc1ccccc1[C@@H](C)NCc1ccc(C(=O)Nc2ccccc2)cc1. The molecule has 4 heteroatoms. The highest BCUT2D eigenvalue weighted by Crippen LogP contribution is 2.24. The third-order valence-electron chi connectivity index (χ3n) is 4.47. The molecule has 4 nitrogen and oxygen atoms in total. The molecule has 0 saturated heterocycles. The van der Waals surface area contributed by atoms with Crippen LogP contribution in [0.5, 0.6) is 5.75 Å². The van der Waals surface area contributed by atoms with Gasteiger partial charge in [-0.25, -0.2) is 0 Å². The largest absolute Gasteiger partial charge is 0.496 e. The second kappa shape index (κ2) is 9.01. The van der Waals surface area contributed by atoms with Crippen molar-refractivity contribution in [2.24, 2.45) is 0 Å². The molecule has 3 aromatic rings. The summed E-state index contributed by atoms with van der Waals surface area (Å²) < 4.78 is 5.42. The zero-order chi connectivity index (χ0) is 19.1. The summed E-state index contributed by atoms with van der Waals surface area (Å²) in [6.45, 7) is 2.82. The van der Waals surface area contributed by atoms with Gasteiger partial charge in [0, 0.05) is 29.4 Å². The van der Waals surface area contributed by atoms with Gasteiger partial charge in [0.1, 0.15) is 5.75 Å². The first kappa shape index (κ1) is 18.7. The fraction of sp³-hybridized carbons (Fsp3) is 0.174. The average molecular weight is 360 g/mol. The second-order valence-corrected chi connectivity index (χ2v) is 6.36. The molecular weight excluding hydrogens is 336 g/mol. The molecule has 0 bridgehead atoms. The molecule has 0 heterocycles. The van der Waals surface area contributed by atoms with Crippen molar-refractivity contribution < 1.29 is 9.53 Å². The van der Waals surface area contributed by atoms with Gasteiger partial charge in [-0.3, -0.25) is 4.79 Å². The van der Waals surface area contributed by atoms with Gasteiger partial charge in [-0.1, -0.05) is 48.5 Å². The minimum absolute atomic E-state index is 0.108. The highest BCUT2D eigenvalue weighted by atomic mass is 16.5. The molecule has 1 atom stereocenters. The van der Waals surface area contributed by atoms with E-state index in [0.29, 0.717) is 12.1 Å². The molecule has 27 heavy (non-hydrogen) atoms. The van der Waals surface area contributed by atoms with Gasteiger partial charge in [-0.2, -0.15) is 0 Å². The van der Waals surface area contributed by atoms with E-state index in [-0.39, 0.29) is 11.9 Å². The molecule has 0 fully saturated rings. The number of hydrogen-bond acceptors (Lipinski definition) is 3. The Kier molecular flexibility index (Phi) is 6.23. The van der Waals surface area contributed by atoms with E-state index in [1.54, 1.807) is 7.11 Å². The number of benzene rings is 3. The molecule has 3 rings (SSSR count). The minimum atomic E-state index is -0.108. The van der Waals surface area contributed by atoms with Crippen LogP contribution in [0.15, 0.2) is 78.9 Å². The van der Waals surface area contributed by atoms with Gasteiger partial charge in [0.2, 0.25) is 0 Å². The predicted octanol–water partition coefficient (Wildman–Crippen LogP) is 4.80. The number of amides is 1. The van der Waals surface area contributed by atoms with Gasteiger partial charge in [0.15, 0.2) is 0 Å². The number of rotatable bonds is 7. The van der Waals surface area contributed by atoms with E-state index in [0.717, 1.165) is 22.6 Å². The van der Waals surface area contributed by atoms with E-state index in [9.17, 15) is 4.79 Å². The monoisotopic (exact) mass is 360 g/mol. The average Bonchev–Trinajstić information content (AvgIpc) is 2.73. The fourth-order valence-electron chi connectivity index (χ4n) is 2.90. The van der Waals surface area contributed by atoms with Crippen LogP contribution < -0.4 is 15.4 Å². The molecule has 0 aliphatic heterocycles. The van der Waals surface area contributed by atoms with Gasteiger partial charge in [-0.05, 0) is 42.8 Å². The van der Waals surface area contributed by atoms with Gasteiger partial charge < -0.3 is 15.4 Å². The van der Waals surface area contributed by atoms with Gasteiger partial charge in [0.25, 0.3) is 5.91 Å². The minimum Gasteiger partial charge on any atom is -0.496 e. The smallest absolute Gasteiger partial charge is 0.255 e. The Labute approximate surface area is 160 Å². The van der Waals surface area contributed by atoms with E-state index in [2.05, 4.69) is 23.6 Å². The second-order valence-electron chi connectivity index (χ2n) is 6.36. The zero-order valence-corrected chi connectivity index (χ0v) is 15.6. The summed E-state index contributed by atoms with van der Waals surface area (Å²) in [6, 6.07) is 25.3. The first-order chi connectivity index (χ1) is 13.2. The van der Waals surface area contributed by atoms with Crippen LogP contribution in [-0.4, -0.2) is 13.0 Å². The van der Waals surface area contributed by atoms with Crippen LogP contribution >= 0.6 is 0 Å². The zero-order valence-electron chi connectivity index (χ0n) is 15.6. The summed E-state index contributed by atoms with van der Waals surface area (Å²) in [6.07, 6.45) is 0. The Hall–Kier alpha value is -3.11. The Morgan fingerprint density at radius 1 is 0.926 bits per heavy atom. The van der Waals surface area contributed by atoms with Crippen LogP contribution in [0.2, 0.25) is 0 Å². The number of methoxy groups -OCH3 is 1. The normalized spacial score (nSPS) is 11.6. The Morgan fingerprint density at radius 2 is 1.59 bits per heavy atom. The molecular formula is C23H24N2O2. The molecule has 0 aliphatic carbocycles. The summed E-state index contributed by atoms with van der Waals surface area (Å²) >= 11 is 0. The lowest BCUT2D eigenvalue weighted by atomic mass is 10.1. The summed E-state index contributed by atoms with van der Waals surface area (Å²) in [5.74, 6) is 0.772. The van der Waals surface area contributed by atoms with Crippen LogP contribution in [0.1, 0.15) is 34.5 Å². The molecule has 2 N–H and O–H groups in total. The van der Waals surface area contributed by atoms with E-state index in [4.69, 9.17) is 4.74 Å². The molecule has 0 radical (unpaired) electrons. The van der Waals surface area contributed by atoms with E-state index < -0.39 is 0 Å². The molecule has 0 spiro atoms. The Balaban J connectivity index is 1.58. The van der Waals surface area contributed by atoms with E-state index >= 15 is 0 Å². The fourth-order valence-corrected chi connectivity index (χ4v) is 2.90. The molecule has 0 aliphatic rings. The van der Waals surface area contributed by atoms with Crippen molar-refractivity contribution in [1.82, 2.24) is 5.32 Å². The van der Waals surface area contributed by atoms with Gasteiger partial charge in [-0.15, -0.1) is 0 Å². The topological polar surface area (TPSA) is 50.4 Å². The number of nitrogens with one attached hydrogen (secondary N) is 2. The van der Waals surface area contributed by atoms with Crippen LogP contribution in [0.4, 0.5) is 5.69 Å². The van der Waals surface area contributed by atoms with Crippen LogP contribution in [-0.2, 0) is 6.54 Å². The lowest BCUT2D eigenvalue weighted by Gasteiger charge is -2.17. The summed E-state index contributed by atoms with van der Waals surface area (Å²) in [5, 5.41) is 6.39. The first-order valence-corrected chi connectivity index (χ1v) is 8.99. The predicted molar refractivity (Wildman–Crippen MR) is 109 cm³/mol.